The summed E-state index contributed by atoms with van der Waals surface area (Å²) in [4.78, 5) is 34.2. The summed E-state index contributed by atoms with van der Waals surface area (Å²) in [6.45, 7) is 1.09. The molecular weight excluding hydrogens is 334 g/mol. The highest BCUT2D eigenvalue weighted by molar-refractivity contribution is 5.83. The van der Waals surface area contributed by atoms with Crippen LogP contribution in [0.3, 0.4) is 0 Å². The van der Waals surface area contributed by atoms with Crippen LogP contribution in [-0.2, 0) is 4.79 Å². The van der Waals surface area contributed by atoms with E-state index in [-0.39, 0.29) is 22.8 Å². The number of hydrogen-bond acceptors (Lipinski definition) is 7. The molecule has 2 amide bonds. The van der Waals surface area contributed by atoms with Crippen LogP contribution in [0.2, 0.25) is 0 Å². The van der Waals surface area contributed by atoms with Crippen molar-refractivity contribution >= 4 is 11.8 Å². The number of carbonyl (C=O) groups is 2. The lowest BCUT2D eigenvalue weighted by Crippen LogP contribution is -2.46. The normalized spacial score (nSPS) is 12.5. The molecule has 0 saturated heterocycles. The Balaban J connectivity index is 3.55. The van der Waals surface area contributed by atoms with Crippen LogP contribution in [0, 0.1) is 10.1 Å². The van der Waals surface area contributed by atoms with E-state index >= 15 is 0 Å². The number of ether oxygens (including phenoxy) is 3. The zero-order valence-corrected chi connectivity index (χ0v) is 14.6. The van der Waals surface area contributed by atoms with Crippen molar-refractivity contribution < 1.29 is 28.7 Å². The zero-order valence-electron chi connectivity index (χ0n) is 14.6. The summed E-state index contributed by atoms with van der Waals surface area (Å²) < 4.78 is 15.6. The van der Waals surface area contributed by atoms with Gasteiger partial charge in [0.15, 0.2) is 11.5 Å². The van der Waals surface area contributed by atoms with Gasteiger partial charge in [0, 0.05) is 18.9 Å². The van der Waals surface area contributed by atoms with E-state index in [0.29, 0.717) is 0 Å². The number of nitrogens with one attached hydrogen (secondary N) is 2. The van der Waals surface area contributed by atoms with E-state index in [1.54, 1.807) is 0 Å². The maximum absolute atomic E-state index is 11.8. The monoisotopic (exact) mass is 355 g/mol. The minimum atomic E-state index is -1.68. The maximum atomic E-state index is 11.8. The molecule has 0 aliphatic carbocycles. The van der Waals surface area contributed by atoms with Gasteiger partial charge in [-0.15, -0.1) is 0 Å². The molecule has 10 nitrogen and oxygen atoms in total. The average Bonchev–Trinajstić information content (AvgIpc) is 2.58. The van der Waals surface area contributed by atoms with Crippen LogP contribution in [0.25, 0.3) is 0 Å². The number of urea groups is 1. The Morgan fingerprint density at radius 2 is 1.64 bits per heavy atom. The first kappa shape index (κ1) is 20.0. The Morgan fingerprint density at radius 1 is 1.12 bits per heavy atom. The van der Waals surface area contributed by atoms with Crippen LogP contribution >= 0.6 is 0 Å². The molecule has 0 radical (unpaired) electrons. The molecule has 1 rings (SSSR count). The topological polar surface area (TPSA) is 129 Å². The number of benzene rings is 1. The van der Waals surface area contributed by atoms with Crippen molar-refractivity contribution in [1.29, 1.82) is 0 Å². The molecule has 0 aliphatic rings. The molecule has 0 aliphatic heterocycles. The van der Waals surface area contributed by atoms with Crippen molar-refractivity contribution in [3.05, 3.63) is 27.8 Å². The summed E-state index contributed by atoms with van der Waals surface area (Å²) >= 11 is 0. The van der Waals surface area contributed by atoms with Gasteiger partial charge in [0.05, 0.1) is 21.3 Å². The standard InChI is InChI=1S/C15H21N3O7/c1-8(19)13(18(21)22)12(17-15(20)16-2)9-6-10(23-3)14(25-5)11(7-9)24-4/h6-7,12-13H,1-5H3,(H2,16,17,20). The van der Waals surface area contributed by atoms with E-state index < -0.39 is 28.8 Å². The number of hydrogen-bond donors (Lipinski definition) is 2. The van der Waals surface area contributed by atoms with E-state index in [1.165, 1.54) is 40.5 Å². The number of nitro groups is 1. The fourth-order valence-corrected chi connectivity index (χ4v) is 2.34. The van der Waals surface area contributed by atoms with Gasteiger partial charge in [0.1, 0.15) is 6.04 Å². The van der Waals surface area contributed by atoms with Crippen LogP contribution in [-0.4, -0.2) is 51.2 Å². The third kappa shape index (κ3) is 4.49. The molecule has 0 saturated carbocycles. The highest BCUT2D eigenvalue weighted by Gasteiger charge is 2.39. The summed E-state index contributed by atoms with van der Waals surface area (Å²) in [5.74, 6) is 0.0606. The number of nitrogens with zero attached hydrogens (tertiary/aromatic N) is 1. The molecule has 0 aromatic heterocycles. The van der Waals surface area contributed by atoms with Gasteiger partial charge < -0.3 is 24.8 Å². The van der Waals surface area contributed by atoms with Crippen LogP contribution in [0.5, 0.6) is 17.2 Å². The van der Waals surface area contributed by atoms with Crippen LogP contribution in [0.4, 0.5) is 4.79 Å². The van der Waals surface area contributed by atoms with E-state index in [4.69, 9.17) is 14.2 Å². The molecular formula is C15H21N3O7. The molecule has 2 unspecified atom stereocenters. The second-order valence-corrected chi connectivity index (χ2v) is 5.00. The number of Topliss-reactive ketones (excluding diaryl/α,β-unsaturated/α-hetero) is 1. The average molecular weight is 355 g/mol. The number of rotatable bonds is 8. The van der Waals surface area contributed by atoms with Gasteiger partial charge in [-0.1, -0.05) is 0 Å². The van der Waals surface area contributed by atoms with Crippen molar-refractivity contribution in [3.8, 4) is 17.2 Å². The molecule has 2 N–H and O–H groups in total. The number of ketones is 1. The minimum absolute atomic E-state index is 0.242. The van der Waals surface area contributed by atoms with Crippen molar-refractivity contribution in [2.75, 3.05) is 28.4 Å². The summed E-state index contributed by atoms with van der Waals surface area (Å²) in [6.07, 6.45) is 0. The highest BCUT2D eigenvalue weighted by Crippen LogP contribution is 2.40. The van der Waals surface area contributed by atoms with Crippen LogP contribution < -0.4 is 24.8 Å². The second-order valence-electron chi connectivity index (χ2n) is 5.00. The Labute approximate surface area is 144 Å². The van der Waals surface area contributed by atoms with Crippen molar-refractivity contribution in [2.24, 2.45) is 0 Å². The third-order valence-corrected chi connectivity index (χ3v) is 3.52. The van der Waals surface area contributed by atoms with Gasteiger partial charge in [-0.3, -0.25) is 14.9 Å². The molecule has 138 valence electrons. The number of carbonyl (C=O) groups excluding carboxylic acids is 2. The predicted octanol–water partition coefficient (Wildman–Crippen LogP) is 0.917. The SMILES string of the molecule is CNC(=O)NC(c1cc(OC)c(OC)c(OC)c1)C(C(C)=O)[N+](=O)[O-]. The third-order valence-electron chi connectivity index (χ3n) is 3.52. The Bertz CT molecular complexity index is 624. The van der Waals surface area contributed by atoms with Gasteiger partial charge in [-0.05, 0) is 17.7 Å². The highest BCUT2D eigenvalue weighted by atomic mass is 16.6. The van der Waals surface area contributed by atoms with Gasteiger partial charge in [-0.2, -0.15) is 0 Å². The Kier molecular flexibility index (Phi) is 6.97. The lowest BCUT2D eigenvalue weighted by atomic mass is 9.96. The summed E-state index contributed by atoms with van der Waals surface area (Å²) in [5, 5.41) is 16.1. The largest absolute Gasteiger partial charge is 0.493 e. The summed E-state index contributed by atoms with van der Waals surface area (Å²) in [5.41, 5.74) is 0.259. The first-order valence-electron chi connectivity index (χ1n) is 7.22. The molecule has 0 bridgehead atoms. The summed E-state index contributed by atoms with van der Waals surface area (Å²) in [6, 6.07) is -0.698. The van der Waals surface area contributed by atoms with E-state index in [0.717, 1.165) is 6.92 Å². The minimum Gasteiger partial charge on any atom is -0.493 e. The number of amides is 2. The smallest absolute Gasteiger partial charge is 0.315 e. The lowest BCUT2D eigenvalue weighted by Gasteiger charge is -2.23. The molecule has 10 heteroatoms. The zero-order chi connectivity index (χ0) is 19.1. The van der Waals surface area contributed by atoms with Gasteiger partial charge in [-0.25, -0.2) is 4.79 Å². The molecule has 2 atom stereocenters. The molecule has 25 heavy (non-hydrogen) atoms. The molecule has 0 spiro atoms. The first-order chi connectivity index (χ1) is 11.8. The summed E-state index contributed by atoms with van der Waals surface area (Å²) in [7, 11) is 5.54. The van der Waals surface area contributed by atoms with Gasteiger partial charge in [0.2, 0.25) is 11.5 Å². The van der Waals surface area contributed by atoms with Crippen molar-refractivity contribution in [2.45, 2.75) is 19.0 Å². The van der Waals surface area contributed by atoms with Crippen LogP contribution in [0.1, 0.15) is 18.5 Å². The molecule has 0 fully saturated rings. The fraction of sp³-hybridized carbons (Fsp3) is 0.467. The quantitative estimate of drug-likeness (QED) is 0.524. The molecule has 1 aromatic carbocycles. The van der Waals surface area contributed by atoms with E-state index in [2.05, 4.69) is 10.6 Å². The van der Waals surface area contributed by atoms with Gasteiger partial charge in [0.25, 0.3) is 6.04 Å². The number of methoxy groups -OCH3 is 3. The Hall–Kier alpha value is -3.04. The van der Waals surface area contributed by atoms with E-state index in [1.807, 2.05) is 0 Å². The molecule has 1 aromatic rings. The lowest BCUT2D eigenvalue weighted by molar-refractivity contribution is -0.512. The second kappa shape index (κ2) is 8.71. The molecule has 0 heterocycles. The fourth-order valence-electron chi connectivity index (χ4n) is 2.34. The van der Waals surface area contributed by atoms with Crippen LogP contribution in [0.15, 0.2) is 12.1 Å². The predicted molar refractivity (Wildman–Crippen MR) is 87.9 cm³/mol. The van der Waals surface area contributed by atoms with E-state index in [9.17, 15) is 19.7 Å². The Morgan fingerprint density at radius 3 is 1.96 bits per heavy atom. The maximum Gasteiger partial charge on any atom is 0.315 e. The van der Waals surface area contributed by atoms with Gasteiger partial charge >= 0.3 is 6.03 Å². The first-order valence-corrected chi connectivity index (χ1v) is 7.22. The van der Waals surface area contributed by atoms with Crippen molar-refractivity contribution in [1.82, 2.24) is 10.6 Å². The van der Waals surface area contributed by atoms with Crippen molar-refractivity contribution in [3.63, 3.8) is 0 Å².